The molecule has 1 saturated heterocycles. The molecule has 2 N–H and O–H groups in total. The summed E-state index contributed by atoms with van der Waals surface area (Å²) in [6, 6.07) is 21.0. The van der Waals surface area contributed by atoms with Gasteiger partial charge in [0.2, 0.25) is 0 Å². The predicted molar refractivity (Wildman–Crippen MR) is 152 cm³/mol. The maximum Gasteiger partial charge on any atom is 0.573 e. The molecule has 1 saturated carbocycles. The van der Waals surface area contributed by atoms with Gasteiger partial charge < -0.3 is 15.4 Å². The third kappa shape index (κ3) is 7.26. The Morgan fingerprint density at radius 1 is 1.00 bits per heavy atom. The van der Waals surface area contributed by atoms with Gasteiger partial charge in [-0.3, -0.25) is 0 Å². The van der Waals surface area contributed by atoms with Crippen molar-refractivity contribution in [3.63, 3.8) is 0 Å². The fourth-order valence-corrected chi connectivity index (χ4v) is 4.94. The number of para-hydroxylation sites is 1. The minimum atomic E-state index is -4.74. The average molecular weight is 551 g/mol. The molecule has 3 aromatic rings. The smallest absolute Gasteiger partial charge is 0.406 e. The summed E-state index contributed by atoms with van der Waals surface area (Å²) in [5, 5.41) is 9.71. The summed E-state index contributed by atoms with van der Waals surface area (Å²) in [5.41, 5.74) is 10.6. The van der Waals surface area contributed by atoms with Gasteiger partial charge in [0.15, 0.2) is 5.17 Å². The number of halogens is 3. The first-order valence-corrected chi connectivity index (χ1v) is 13.3. The Kier molecular flexibility index (Phi) is 7.97. The molecule has 0 atom stereocenters. The lowest BCUT2D eigenvalue weighted by atomic mass is 10.1. The summed E-state index contributed by atoms with van der Waals surface area (Å²) in [5.74, 6) is 1.55. The van der Waals surface area contributed by atoms with Crippen LogP contribution in [0, 0.1) is 0 Å². The van der Waals surface area contributed by atoms with Crippen LogP contribution in [0.2, 0.25) is 0 Å². The molecule has 1 aliphatic carbocycles. The van der Waals surface area contributed by atoms with Gasteiger partial charge in [-0.25, -0.2) is 9.98 Å². The highest BCUT2D eigenvalue weighted by atomic mass is 32.2. The number of hydrogen-bond donors (Lipinski definition) is 1. The molecular formula is C28H25F3N6OS. The van der Waals surface area contributed by atoms with Gasteiger partial charge in [0.05, 0.1) is 11.9 Å². The lowest BCUT2D eigenvalue weighted by molar-refractivity contribution is -0.274. The number of rotatable bonds is 8. The van der Waals surface area contributed by atoms with Crippen molar-refractivity contribution in [3.8, 4) is 5.75 Å². The first kappa shape index (κ1) is 26.5. The summed E-state index contributed by atoms with van der Waals surface area (Å²) in [6.45, 7) is 0.914. The third-order valence-corrected chi connectivity index (χ3v) is 7.00. The first-order valence-electron chi connectivity index (χ1n) is 12.3. The van der Waals surface area contributed by atoms with Gasteiger partial charge in [-0.1, -0.05) is 54.2 Å². The Morgan fingerprint density at radius 2 is 1.74 bits per heavy atom. The van der Waals surface area contributed by atoms with Crippen molar-refractivity contribution < 1.29 is 17.9 Å². The Labute approximate surface area is 228 Å². The van der Waals surface area contributed by atoms with Gasteiger partial charge >= 0.3 is 6.36 Å². The van der Waals surface area contributed by atoms with Crippen LogP contribution >= 0.6 is 11.8 Å². The number of anilines is 1. The molecule has 0 radical (unpaired) electrons. The molecule has 1 aliphatic heterocycles. The quantitative estimate of drug-likeness (QED) is 0.198. The van der Waals surface area contributed by atoms with Crippen LogP contribution in [0.3, 0.4) is 0 Å². The Balaban J connectivity index is 1.19. The van der Waals surface area contributed by atoms with Crippen LogP contribution in [0.15, 0.2) is 93.0 Å². The van der Waals surface area contributed by atoms with Crippen molar-refractivity contribution in [2.24, 2.45) is 25.9 Å². The molecule has 11 heteroatoms. The van der Waals surface area contributed by atoms with Crippen LogP contribution in [0.1, 0.15) is 35.4 Å². The van der Waals surface area contributed by atoms with Crippen molar-refractivity contribution in [2.75, 3.05) is 17.2 Å². The van der Waals surface area contributed by atoms with E-state index in [2.05, 4.69) is 54.1 Å². The highest BCUT2D eigenvalue weighted by Gasteiger charge is 2.31. The summed E-state index contributed by atoms with van der Waals surface area (Å²) < 4.78 is 40.6. The molecule has 0 aromatic heterocycles. The number of benzene rings is 3. The van der Waals surface area contributed by atoms with Crippen LogP contribution in [0.4, 0.5) is 24.5 Å². The highest BCUT2D eigenvalue weighted by molar-refractivity contribution is 8.14. The van der Waals surface area contributed by atoms with E-state index in [1.54, 1.807) is 18.0 Å². The number of nitrogens with zero attached hydrogens (tertiary/aromatic N) is 5. The van der Waals surface area contributed by atoms with Crippen LogP contribution in [-0.2, 0) is 0 Å². The van der Waals surface area contributed by atoms with E-state index in [-0.39, 0.29) is 11.6 Å². The molecule has 2 aliphatic rings. The number of amidine groups is 2. The lowest BCUT2D eigenvalue weighted by Crippen LogP contribution is -2.24. The Bertz CT molecular complexity index is 1410. The van der Waals surface area contributed by atoms with Gasteiger partial charge in [-0.15, -0.1) is 18.3 Å². The number of aliphatic imine (C=N–C) groups is 2. The van der Waals surface area contributed by atoms with E-state index < -0.39 is 6.36 Å². The third-order valence-electron chi connectivity index (χ3n) is 6.05. The molecule has 3 aromatic carbocycles. The SMILES string of the molecule is NC(=NC=Nc1ccc(OC(F)(F)F)cc1)c1ccc(/C=N\N=C2\SCCN2c2ccccc2C2CC2)cc1. The Hall–Kier alpha value is -4.12. The fourth-order valence-electron chi connectivity index (χ4n) is 4.03. The van der Waals surface area contributed by atoms with Crippen molar-refractivity contribution >= 4 is 46.7 Å². The molecule has 200 valence electrons. The maximum atomic E-state index is 12.3. The molecule has 0 spiro atoms. The monoisotopic (exact) mass is 550 g/mol. The largest absolute Gasteiger partial charge is 0.573 e. The lowest BCUT2D eigenvalue weighted by Gasteiger charge is -2.20. The molecule has 1 heterocycles. The summed E-state index contributed by atoms with van der Waals surface area (Å²) in [4.78, 5) is 10.4. The zero-order valence-electron chi connectivity index (χ0n) is 20.8. The molecular weight excluding hydrogens is 525 g/mol. The summed E-state index contributed by atoms with van der Waals surface area (Å²) >= 11 is 1.70. The Morgan fingerprint density at radius 3 is 2.46 bits per heavy atom. The minimum absolute atomic E-state index is 0.242. The second kappa shape index (κ2) is 11.7. The maximum absolute atomic E-state index is 12.3. The fraction of sp³-hybridized carbons (Fsp3) is 0.214. The molecule has 39 heavy (non-hydrogen) atoms. The second-order valence-corrected chi connectivity index (χ2v) is 9.95. The zero-order chi connectivity index (χ0) is 27.2. The topological polar surface area (TPSA) is 87.9 Å². The molecule has 0 amide bonds. The predicted octanol–water partition coefficient (Wildman–Crippen LogP) is 6.47. The van der Waals surface area contributed by atoms with Gasteiger partial charge in [0.1, 0.15) is 17.9 Å². The van der Waals surface area contributed by atoms with E-state index in [1.807, 2.05) is 24.3 Å². The van der Waals surface area contributed by atoms with Crippen molar-refractivity contribution in [1.82, 2.24) is 0 Å². The number of nitrogens with two attached hydrogens (primary N) is 1. The van der Waals surface area contributed by atoms with Crippen molar-refractivity contribution in [2.45, 2.75) is 25.1 Å². The van der Waals surface area contributed by atoms with E-state index in [0.29, 0.717) is 17.2 Å². The summed E-state index contributed by atoms with van der Waals surface area (Å²) in [6.07, 6.45) is 0.697. The number of hydrogen-bond acceptors (Lipinski definition) is 5. The average Bonchev–Trinajstić information content (AvgIpc) is 3.67. The van der Waals surface area contributed by atoms with Crippen LogP contribution in [0.5, 0.6) is 5.75 Å². The molecule has 7 nitrogen and oxygen atoms in total. The van der Waals surface area contributed by atoms with Crippen LogP contribution in [-0.4, -0.2) is 42.2 Å². The zero-order valence-corrected chi connectivity index (χ0v) is 21.6. The standard InChI is InChI=1S/C28H25F3N6OS/c29-28(30,31)38-23-13-11-22(12-14-23)33-18-34-26(32)21-7-5-19(6-8-21)17-35-36-27-37(15-16-39-27)25-4-2-1-3-24(25)20-9-10-20/h1-8,11-14,17-18,20H,9-10,15-16H2,(H2,32,33,34)/b35-17-,36-27+. The number of thioether (sulfide) groups is 1. The minimum Gasteiger partial charge on any atom is -0.406 e. The van der Waals surface area contributed by atoms with Crippen molar-refractivity contribution in [3.05, 3.63) is 89.5 Å². The highest BCUT2D eigenvalue weighted by Crippen LogP contribution is 2.45. The second-order valence-electron chi connectivity index (χ2n) is 8.88. The molecule has 0 bridgehead atoms. The summed E-state index contributed by atoms with van der Waals surface area (Å²) in [7, 11) is 0. The van der Waals surface area contributed by atoms with E-state index in [9.17, 15) is 13.2 Å². The van der Waals surface area contributed by atoms with Crippen molar-refractivity contribution in [1.29, 1.82) is 0 Å². The molecule has 5 rings (SSSR count). The van der Waals surface area contributed by atoms with Gasteiger partial charge in [0.25, 0.3) is 0 Å². The first-order chi connectivity index (χ1) is 18.9. The molecule has 0 unspecified atom stereocenters. The van der Waals surface area contributed by atoms with Crippen LogP contribution < -0.4 is 15.4 Å². The van der Waals surface area contributed by atoms with E-state index >= 15 is 0 Å². The van der Waals surface area contributed by atoms with Crippen LogP contribution in [0.25, 0.3) is 0 Å². The normalized spacial score (nSPS) is 17.6. The van der Waals surface area contributed by atoms with Gasteiger partial charge in [-0.05, 0) is 60.2 Å². The van der Waals surface area contributed by atoms with E-state index in [4.69, 9.17) is 5.73 Å². The van der Waals surface area contributed by atoms with Gasteiger partial charge in [0, 0.05) is 23.5 Å². The number of alkyl halides is 3. The molecule has 2 fully saturated rings. The van der Waals surface area contributed by atoms with E-state index in [1.165, 1.54) is 54.7 Å². The van der Waals surface area contributed by atoms with E-state index in [0.717, 1.165) is 23.0 Å². The van der Waals surface area contributed by atoms with Gasteiger partial charge in [-0.2, -0.15) is 5.10 Å². The number of ether oxygens (including phenoxy) is 1.